The minimum absolute atomic E-state index is 0.0534. The van der Waals surface area contributed by atoms with Crippen LogP contribution >= 0.6 is 0 Å². The van der Waals surface area contributed by atoms with E-state index in [1.807, 2.05) is 19.9 Å². The molecule has 1 aliphatic rings. The lowest BCUT2D eigenvalue weighted by molar-refractivity contribution is -0.00545. The summed E-state index contributed by atoms with van der Waals surface area (Å²) in [5.41, 5.74) is 0.869. The summed E-state index contributed by atoms with van der Waals surface area (Å²) in [6.45, 7) is 7.13. The van der Waals surface area contributed by atoms with Gasteiger partial charge in [-0.05, 0) is 45.0 Å². The Morgan fingerprint density at radius 3 is 2.41 bits per heavy atom. The first kappa shape index (κ1) is 21.0. The lowest BCUT2D eigenvalue weighted by atomic mass is 10.2. The number of hydrogen-bond donors (Lipinski definition) is 2. The second-order valence-corrected chi connectivity index (χ2v) is 8.97. The predicted molar refractivity (Wildman–Crippen MR) is 112 cm³/mol. The Kier molecular flexibility index (Phi) is 6.33. The Balaban J connectivity index is 1.62. The van der Waals surface area contributed by atoms with E-state index < -0.39 is 10.0 Å². The predicted octanol–water partition coefficient (Wildman–Crippen LogP) is 2.10. The van der Waals surface area contributed by atoms with Gasteiger partial charge in [-0.25, -0.2) is 18.4 Å². The summed E-state index contributed by atoms with van der Waals surface area (Å²) in [6.07, 6.45) is 3.20. The molecule has 2 atom stereocenters. The first-order valence-corrected chi connectivity index (χ1v) is 11.1. The van der Waals surface area contributed by atoms with Crippen LogP contribution in [0.25, 0.3) is 0 Å². The number of sulfonamides is 1. The lowest BCUT2D eigenvalue weighted by Gasteiger charge is -2.36. The molecule has 1 amide bonds. The maximum Gasteiger partial charge on any atom is 0.257 e. The van der Waals surface area contributed by atoms with Crippen LogP contribution in [-0.2, 0) is 14.8 Å². The number of aromatic nitrogens is 2. The van der Waals surface area contributed by atoms with Gasteiger partial charge in [-0.2, -0.15) is 0 Å². The van der Waals surface area contributed by atoms with Crippen LogP contribution in [-0.4, -0.2) is 55.3 Å². The van der Waals surface area contributed by atoms with Crippen molar-refractivity contribution >= 4 is 33.3 Å². The Morgan fingerprint density at radius 1 is 1.14 bits per heavy atom. The largest absolute Gasteiger partial charge is 0.372 e. The number of anilines is 3. The van der Waals surface area contributed by atoms with Gasteiger partial charge < -0.3 is 15.0 Å². The summed E-state index contributed by atoms with van der Waals surface area (Å²) in [6, 6.07) is 6.61. The number of rotatable bonds is 6. The standard InChI is InChI=1S/C19H25N5O4S/c1-4-29(26,27)23-17-7-5-15(9-20-17)19(25)22-16-6-8-18(21-10-16)24-11-13(2)28-14(3)12-24/h5-10,13-14H,4,11-12H2,1-3H3,(H,20,23)(H,22,25). The van der Waals surface area contributed by atoms with Gasteiger partial charge in [0.15, 0.2) is 0 Å². The van der Waals surface area contributed by atoms with Crippen molar-refractivity contribution in [3.63, 3.8) is 0 Å². The molecule has 9 nitrogen and oxygen atoms in total. The average Bonchev–Trinajstić information content (AvgIpc) is 2.68. The highest BCUT2D eigenvalue weighted by atomic mass is 32.2. The molecule has 1 fully saturated rings. The summed E-state index contributed by atoms with van der Waals surface area (Å²) >= 11 is 0. The van der Waals surface area contributed by atoms with Crippen LogP contribution in [0.15, 0.2) is 36.7 Å². The molecule has 10 heteroatoms. The zero-order valence-electron chi connectivity index (χ0n) is 16.6. The Hall–Kier alpha value is -2.72. The monoisotopic (exact) mass is 419 g/mol. The zero-order chi connectivity index (χ0) is 21.0. The van der Waals surface area contributed by atoms with Crippen LogP contribution in [0.1, 0.15) is 31.1 Å². The molecular formula is C19H25N5O4S. The summed E-state index contributed by atoms with van der Waals surface area (Å²) in [7, 11) is -3.41. The van der Waals surface area contributed by atoms with E-state index in [2.05, 4.69) is 24.9 Å². The van der Waals surface area contributed by atoms with Crippen LogP contribution in [0.4, 0.5) is 17.3 Å². The van der Waals surface area contributed by atoms with Crippen molar-refractivity contribution in [2.24, 2.45) is 0 Å². The molecule has 0 saturated carbocycles. The van der Waals surface area contributed by atoms with Gasteiger partial charge in [-0.15, -0.1) is 0 Å². The minimum Gasteiger partial charge on any atom is -0.372 e. The molecule has 2 N–H and O–H groups in total. The molecule has 1 aliphatic heterocycles. The van der Waals surface area contributed by atoms with Gasteiger partial charge >= 0.3 is 0 Å². The van der Waals surface area contributed by atoms with E-state index in [0.717, 1.165) is 18.9 Å². The highest BCUT2D eigenvalue weighted by Crippen LogP contribution is 2.20. The maximum absolute atomic E-state index is 12.4. The van der Waals surface area contributed by atoms with Crippen LogP contribution in [0.5, 0.6) is 0 Å². The number of morpholine rings is 1. The number of carbonyl (C=O) groups is 1. The van der Waals surface area contributed by atoms with E-state index in [0.29, 0.717) is 11.3 Å². The van der Waals surface area contributed by atoms with Gasteiger partial charge in [0.1, 0.15) is 11.6 Å². The van der Waals surface area contributed by atoms with E-state index in [1.54, 1.807) is 12.3 Å². The minimum atomic E-state index is -3.41. The summed E-state index contributed by atoms with van der Waals surface area (Å²) in [4.78, 5) is 23.0. The Labute approximate surface area is 170 Å². The SMILES string of the molecule is CCS(=O)(=O)Nc1ccc(C(=O)Nc2ccc(N3CC(C)OC(C)C3)nc2)cn1. The molecule has 29 heavy (non-hydrogen) atoms. The van der Waals surface area contributed by atoms with Crippen molar-refractivity contribution in [2.45, 2.75) is 33.0 Å². The van der Waals surface area contributed by atoms with Gasteiger partial charge in [0.05, 0.1) is 35.4 Å². The molecule has 3 heterocycles. The van der Waals surface area contributed by atoms with Crippen molar-refractivity contribution in [1.29, 1.82) is 0 Å². The number of amides is 1. The van der Waals surface area contributed by atoms with E-state index in [4.69, 9.17) is 4.74 Å². The van der Waals surface area contributed by atoms with E-state index in [-0.39, 0.29) is 29.7 Å². The number of pyridine rings is 2. The second-order valence-electron chi connectivity index (χ2n) is 6.96. The van der Waals surface area contributed by atoms with Crippen LogP contribution < -0.4 is 14.9 Å². The van der Waals surface area contributed by atoms with E-state index >= 15 is 0 Å². The quantitative estimate of drug-likeness (QED) is 0.737. The lowest BCUT2D eigenvalue weighted by Crippen LogP contribution is -2.45. The third-order valence-corrected chi connectivity index (χ3v) is 5.70. The molecule has 0 aromatic carbocycles. The third kappa shape index (κ3) is 5.64. The molecule has 0 spiro atoms. The van der Waals surface area contributed by atoms with E-state index in [1.165, 1.54) is 25.3 Å². The van der Waals surface area contributed by atoms with Crippen molar-refractivity contribution in [1.82, 2.24) is 9.97 Å². The smallest absolute Gasteiger partial charge is 0.257 e. The molecule has 156 valence electrons. The van der Waals surface area contributed by atoms with Crippen molar-refractivity contribution < 1.29 is 17.9 Å². The molecule has 3 rings (SSSR count). The molecule has 0 radical (unpaired) electrons. The second kappa shape index (κ2) is 8.75. The summed E-state index contributed by atoms with van der Waals surface area (Å²) in [5, 5.41) is 2.76. The fourth-order valence-corrected chi connectivity index (χ4v) is 3.62. The van der Waals surface area contributed by atoms with Crippen molar-refractivity contribution in [2.75, 3.05) is 33.8 Å². The van der Waals surface area contributed by atoms with Gasteiger partial charge in [-0.1, -0.05) is 0 Å². The average molecular weight is 420 g/mol. The van der Waals surface area contributed by atoms with Crippen molar-refractivity contribution in [3.05, 3.63) is 42.2 Å². The van der Waals surface area contributed by atoms with E-state index in [9.17, 15) is 13.2 Å². The fraction of sp³-hybridized carbons (Fsp3) is 0.421. The number of carbonyl (C=O) groups excluding carboxylic acids is 1. The Bertz CT molecular complexity index is 938. The Morgan fingerprint density at radius 2 is 1.86 bits per heavy atom. The number of hydrogen-bond acceptors (Lipinski definition) is 7. The number of nitrogens with zero attached hydrogens (tertiary/aromatic N) is 3. The molecular weight excluding hydrogens is 394 g/mol. The number of ether oxygens (including phenoxy) is 1. The molecule has 0 aliphatic carbocycles. The molecule has 0 bridgehead atoms. The molecule has 2 aromatic rings. The normalized spacial score (nSPS) is 19.6. The van der Waals surface area contributed by atoms with Gasteiger partial charge in [-0.3, -0.25) is 9.52 Å². The highest BCUT2D eigenvalue weighted by Gasteiger charge is 2.23. The molecule has 1 saturated heterocycles. The molecule has 2 unspecified atom stereocenters. The topological polar surface area (TPSA) is 114 Å². The van der Waals surface area contributed by atoms with Crippen LogP contribution in [0.2, 0.25) is 0 Å². The molecule has 2 aromatic heterocycles. The van der Waals surface area contributed by atoms with Gasteiger partial charge in [0.2, 0.25) is 10.0 Å². The van der Waals surface area contributed by atoms with Crippen molar-refractivity contribution in [3.8, 4) is 0 Å². The van der Waals surface area contributed by atoms with Gasteiger partial charge in [0.25, 0.3) is 5.91 Å². The maximum atomic E-state index is 12.4. The van der Waals surface area contributed by atoms with Crippen LogP contribution in [0.3, 0.4) is 0 Å². The zero-order valence-corrected chi connectivity index (χ0v) is 17.4. The summed E-state index contributed by atoms with van der Waals surface area (Å²) in [5.74, 6) is 0.593. The first-order chi connectivity index (χ1) is 13.8. The number of nitrogens with one attached hydrogen (secondary N) is 2. The van der Waals surface area contributed by atoms with Gasteiger partial charge in [0, 0.05) is 19.3 Å². The fourth-order valence-electron chi connectivity index (χ4n) is 3.04. The van der Waals surface area contributed by atoms with Crippen LogP contribution in [0, 0.1) is 0 Å². The first-order valence-electron chi connectivity index (χ1n) is 9.40. The highest BCUT2D eigenvalue weighted by molar-refractivity contribution is 7.92. The third-order valence-electron chi connectivity index (χ3n) is 4.42. The summed E-state index contributed by atoms with van der Waals surface area (Å²) < 4.78 is 31.2.